The third kappa shape index (κ3) is 5.07. The minimum Gasteiger partial charge on any atom is -0.356 e. The fraction of sp³-hybridized carbons (Fsp3) is 0.929. The van der Waals surface area contributed by atoms with E-state index in [1.54, 1.807) is 0 Å². The fourth-order valence-corrected chi connectivity index (χ4v) is 2.70. The Morgan fingerprint density at radius 2 is 2.18 bits per heavy atom. The summed E-state index contributed by atoms with van der Waals surface area (Å²) in [6.07, 6.45) is 3.31. The highest BCUT2D eigenvalue weighted by Gasteiger charge is 2.28. The van der Waals surface area contributed by atoms with Gasteiger partial charge in [-0.1, -0.05) is 27.7 Å². The summed E-state index contributed by atoms with van der Waals surface area (Å²) in [5, 5.41) is 6.44. The molecular formula is C14H28N2O. The highest BCUT2D eigenvalue weighted by atomic mass is 16.2. The highest BCUT2D eigenvalue weighted by Crippen LogP contribution is 2.25. The number of hydrogen-bond donors (Lipinski definition) is 2. The van der Waals surface area contributed by atoms with Crippen molar-refractivity contribution in [3.63, 3.8) is 0 Å². The molecule has 1 atom stereocenters. The summed E-state index contributed by atoms with van der Waals surface area (Å²) < 4.78 is 0. The molecule has 0 aromatic heterocycles. The molecule has 1 heterocycles. The molecule has 100 valence electrons. The fourth-order valence-electron chi connectivity index (χ4n) is 2.70. The summed E-state index contributed by atoms with van der Waals surface area (Å²) in [6.45, 7) is 11.5. The summed E-state index contributed by atoms with van der Waals surface area (Å²) in [4.78, 5) is 12.0. The van der Waals surface area contributed by atoms with E-state index in [1.165, 1.54) is 6.42 Å². The molecule has 1 saturated heterocycles. The second-order valence-corrected chi connectivity index (χ2v) is 6.39. The summed E-state index contributed by atoms with van der Waals surface area (Å²) >= 11 is 0. The SMILES string of the molecule is CC(C)CC(C)(C)C(=O)NCCC1CCNC1. The Morgan fingerprint density at radius 3 is 2.71 bits per heavy atom. The van der Waals surface area contributed by atoms with Gasteiger partial charge in [0.2, 0.25) is 5.91 Å². The van der Waals surface area contributed by atoms with Crippen LogP contribution in [0.5, 0.6) is 0 Å². The van der Waals surface area contributed by atoms with Crippen molar-refractivity contribution in [2.75, 3.05) is 19.6 Å². The van der Waals surface area contributed by atoms with E-state index in [0.717, 1.165) is 38.4 Å². The van der Waals surface area contributed by atoms with Gasteiger partial charge in [0, 0.05) is 12.0 Å². The van der Waals surface area contributed by atoms with E-state index >= 15 is 0 Å². The Labute approximate surface area is 106 Å². The van der Waals surface area contributed by atoms with Gasteiger partial charge < -0.3 is 10.6 Å². The van der Waals surface area contributed by atoms with Crippen molar-refractivity contribution in [3.8, 4) is 0 Å². The van der Waals surface area contributed by atoms with E-state index in [0.29, 0.717) is 5.92 Å². The van der Waals surface area contributed by atoms with Crippen LogP contribution in [0.4, 0.5) is 0 Å². The first-order valence-corrected chi connectivity index (χ1v) is 6.91. The van der Waals surface area contributed by atoms with E-state index in [4.69, 9.17) is 0 Å². The molecule has 1 unspecified atom stereocenters. The first-order valence-electron chi connectivity index (χ1n) is 6.91. The molecule has 0 aromatic rings. The van der Waals surface area contributed by atoms with Crippen molar-refractivity contribution in [2.24, 2.45) is 17.3 Å². The van der Waals surface area contributed by atoms with Gasteiger partial charge in [-0.25, -0.2) is 0 Å². The molecule has 3 heteroatoms. The summed E-state index contributed by atoms with van der Waals surface area (Å²) in [5.74, 6) is 1.52. The van der Waals surface area contributed by atoms with E-state index in [-0.39, 0.29) is 11.3 Å². The molecule has 17 heavy (non-hydrogen) atoms. The smallest absolute Gasteiger partial charge is 0.225 e. The molecule has 1 fully saturated rings. The van der Waals surface area contributed by atoms with E-state index in [1.807, 2.05) is 13.8 Å². The predicted octanol–water partition coefficient (Wildman–Crippen LogP) is 2.17. The Balaban J connectivity index is 2.23. The normalized spacial score (nSPS) is 20.9. The van der Waals surface area contributed by atoms with E-state index in [9.17, 15) is 4.79 Å². The zero-order valence-corrected chi connectivity index (χ0v) is 11.8. The quantitative estimate of drug-likeness (QED) is 0.747. The lowest BCUT2D eigenvalue weighted by molar-refractivity contribution is -0.130. The van der Waals surface area contributed by atoms with Crippen LogP contribution in [-0.4, -0.2) is 25.5 Å². The van der Waals surface area contributed by atoms with Crippen LogP contribution >= 0.6 is 0 Å². The minimum absolute atomic E-state index is 0.206. The van der Waals surface area contributed by atoms with Crippen molar-refractivity contribution in [2.45, 2.75) is 47.0 Å². The Bertz CT molecular complexity index is 243. The zero-order chi connectivity index (χ0) is 12.9. The Kier molecular flexibility index (Phi) is 5.44. The molecule has 1 aliphatic heterocycles. The second-order valence-electron chi connectivity index (χ2n) is 6.39. The van der Waals surface area contributed by atoms with Crippen LogP contribution in [0.15, 0.2) is 0 Å². The van der Waals surface area contributed by atoms with Crippen LogP contribution < -0.4 is 10.6 Å². The number of hydrogen-bond acceptors (Lipinski definition) is 2. The lowest BCUT2D eigenvalue weighted by Crippen LogP contribution is -2.38. The molecule has 0 radical (unpaired) electrons. The van der Waals surface area contributed by atoms with Gasteiger partial charge >= 0.3 is 0 Å². The maximum Gasteiger partial charge on any atom is 0.225 e. The van der Waals surface area contributed by atoms with Crippen LogP contribution in [0, 0.1) is 17.3 Å². The van der Waals surface area contributed by atoms with E-state index < -0.39 is 0 Å². The third-order valence-corrected chi connectivity index (χ3v) is 3.53. The third-order valence-electron chi connectivity index (χ3n) is 3.53. The van der Waals surface area contributed by atoms with Gasteiger partial charge in [0.25, 0.3) is 0 Å². The topological polar surface area (TPSA) is 41.1 Å². The van der Waals surface area contributed by atoms with Crippen LogP contribution in [0.25, 0.3) is 0 Å². The lowest BCUT2D eigenvalue weighted by Gasteiger charge is -2.25. The molecule has 1 aliphatic rings. The number of rotatable bonds is 6. The van der Waals surface area contributed by atoms with Gasteiger partial charge in [0.1, 0.15) is 0 Å². The van der Waals surface area contributed by atoms with Gasteiger partial charge in [-0.2, -0.15) is 0 Å². The average molecular weight is 240 g/mol. The molecule has 0 aliphatic carbocycles. The lowest BCUT2D eigenvalue weighted by atomic mass is 9.83. The predicted molar refractivity (Wildman–Crippen MR) is 71.8 cm³/mol. The maximum atomic E-state index is 12.0. The van der Waals surface area contributed by atoms with Gasteiger partial charge in [-0.15, -0.1) is 0 Å². The first-order chi connectivity index (χ1) is 7.92. The van der Waals surface area contributed by atoms with Gasteiger partial charge in [0.15, 0.2) is 0 Å². The number of carbonyl (C=O) groups is 1. The Morgan fingerprint density at radius 1 is 1.47 bits per heavy atom. The number of carbonyl (C=O) groups excluding carboxylic acids is 1. The monoisotopic (exact) mass is 240 g/mol. The van der Waals surface area contributed by atoms with Gasteiger partial charge in [0.05, 0.1) is 0 Å². The van der Waals surface area contributed by atoms with Crippen LogP contribution in [-0.2, 0) is 4.79 Å². The molecular weight excluding hydrogens is 212 g/mol. The Hall–Kier alpha value is -0.570. The van der Waals surface area contributed by atoms with Crippen LogP contribution in [0.3, 0.4) is 0 Å². The average Bonchev–Trinajstić information content (AvgIpc) is 2.68. The summed E-state index contributed by atoms with van der Waals surface area (Å²) in [7, 11) is 0. The molecule has 1 amide bonds. The summed E-state index contributed by atoms with van der Waals surface area (Å²) in [5.41, 5.74) is -0.234. The standard InChI is InChI=1S/C14H28N2O/c1-11(2)9-14(3,4)13(17)16-8-6-12-5-7-15-10-12/h11-12,15H,5-10H2,1-4H3,(H,16,17). The van der Waals surface area contributed by atoms with Crippen molar-refractivity contribution in [1.29, 1.82) is 0 Å². The molecule has 0 aromatic carbocycles. The largest absolute Gasteiger partial charge is 0.356 e. The molecule has 2 N–H and O–H groups in total. The van der Waals surface area contributed by atoms with E-state index in [2.05, 4.69) is 24.5 Å². The maximum absolute atomic E-state index is 12.0. The van der Waals surface area contributed by atoms with Crippen molar-refractivity contribution < 1.29 is 4.79 Å². The molecule has 1 rings (SSSR count). The number of amides is 1. The molecule has 0 saturated carbocycles. The van der Waals surface area contributed by atoms with Crippen LogP contribution in [0.2, 0.25) is 0 Å². The molecule has 3 nitrogen and oxygen atoms in total. The molecule has 0 bridgehead atoms. The highest BCUT2D eigenvalue weighted by molar-refractivity contribution is 5.81. The molecule has 0 spiro atoms. The summed E-state index contributed by atoms with van der Waals surface area (Å²) in [6, 6.07) is 0. The zero-order valence-electron chi connectivity index (χ0n) is 11.8. The van der Waals surface area contributed by atoms with Crippen molar-refractivity contribution >= 4 is 5.91 Å². The van der Waals surface area contributed by atoms with Gasteiger partial charge in [-0.05, 0) is 44.2 Å². The first kappa shape index (κ1) is 14.5. The minimum atomic E-state index is -0.234. The van der Waals surface area contributed by atoms with Crippen molar-refractivity contribution in [1.82, 2.24) is 10.6 Å². The van der Waals surface area contributed by atoms with Gasteiger partial charge in [-0.3, -0.25) is 4.79 Å². The van der Waals surface area contributed by atoms with Crippen molar-refractivity contribution in [3.05, 3.63) is 0 Å². The van der Waals surface area contributed by atoms with Crippen LogP contribution in [0.1, 0.15) is 47.0 Å². The second kappa shape index (κ2) is 6.39. The number of nitrogens with one attached hydrogen (secondary N) is 2.